The number of carbonyl (C=O) groups excluding carboxylic acids is 1. The minimum Gasteiger partial charge on any atom is -0.494 e. The zero-order valence-corrected chi connectivity index (χ0v) is 19.2. The number of hydrogen-bond donors (Lipinski definition) is 1. The van der Waals surface area contributed by atoms with Crippen molar-refractivity contribution in [1.29, 1.82) is 0 Å². The molecule has 0 atom stereocenters. The Morgan fingerprint density at radius 1 is 1.06 bits per heavy atom. The molecule has 0 radical (unpaired) electrons. The van der Waals surface area contributed by atoms with Crippen LogP contribution in [0, 0.1) is 0 Å². The summed E-state index contributed by atoms with van der Waals surface area (Å²) in [6, 6.07) is 14.0. The van der Waals surface area contributed by atoms with Gasteiger partial charge in [0.05, 0.1) is 22.5 Å². The van der Waals surface area contributed by atoms with Crippen molar-refractivity contribution in [3.05, 3.63) is 48.5 Å². The lowest BCUT2D eigenvalue weighted by atomic mass is 10.3. The Morgan fingerprint density at radius 3 is 2.53 bits per heavy atom. The number of aryl methyl sites for hydroxylation is 1. The molecule has 0 fully saturated rings. The molecule has 1 N–H and O–H groups in total. The second-order valence-corrected chi connectivity index (χ2v) is 9.39. The van der Waals surface area contributed by atoms with Crippen LogP contribution in [0.3, 0.4) is 0 Å². The number of para-hydroxylation sites is 2. The second-order valence-electron chi connectivity index (χ2n) is 7.37. The van der Waals surface area contributed by atoms with Crippen molar-refractivity contribution in [3.63, 3.8) is 0 Å². The Hall–Kier alpha value is -2.91. The van der Waals surface area contributed by atoms with Crippen molar-refractivity contribution in [3.8, 4) is 5.75 Å². The third-order valence-electron chi connectivity index (χ3n) is 4.85. The maximum atomic E-state index is 12.5. The second kappa shape index (κ2) is 11.1. The largest absolute Gasteiger partial charge is 0.494 e. The molecule has 0 aliphatic heterocycles. The topological polar surface area (TPSA) is 99.5 Å². The van der Waals surface area contributed by atoms with Crippen molar-refractivity contribution >= 4 is 32.7 Å². The highest BCUT2D eigenvalue weighted by Gasteiger charge is 2.13. The number of carbonyl (C=O) groups is 1. The quantitative estimate of drug-likeness (QED) is 0.415. The summed E-state index contributed by atoms with van der Waals surface area (Å²) in [6.45, 7) is 4.34. The van der Waals surface area contributed by atoms with Crippen molar-refractivity contribution in [2.75, 3.05) is 31.4 Å². The van der Waals surface area contributed by atoms with E-state index in [1.807, 2.05) is 35.8 Å². The van der Waals surface area contributed by atoms with Crippen molar-refractivity contribution < 1.29 is 22.7 Å². The van der Waals surface area contributed by atoms with Gasteiger partial charge in [-0.25, -0.2) is 13.4 Å². The number of hydrogen-bond acceptors (Lipinski definition) is 6. The van der Waals surface area contributed by atoms with Crippen LogP contribution in [0.2, 0.25) is 0 Å². The third-order valence-corrected chi connectivity index (χ3v) is 5.98. The zero-order chi connectivity index (χ0) is 23.0. The number of rotatable bonds is 12. The van der Waals surface area contributed by atoms with E-state index in [0.29, 0.717) is 44.5 Å². The van der Waals surface area contributed by atoms with Crippen LogP contribution in [0.4, 0.5) is 5.95 Å². The van der Waals surface area contributed by atoms with Gasteiger partial charge in [0, 0.05) is 32.4 Å². The van der Waals surface area contributed by atoms with E-state index in [1.165, 1.54) is 12.1 Å². The van der Waals surface area contributed by atoms with E-state index in [1.54, 1.807) is 12.1 Å². The van der Waals surface area contributed by atoms with Gasteiger partial charge in [-0.3, -0.25) is 10.1 Å². The summed E-state index contributed by atoms with van der Waals surface area (Å²) in [5.41, 5.74) is 1.81. The van der Waals surface area contributed by atoms with Crippen molar-refractivity contribution in [1.82, 2.24) is 9.55 Å². The first-order valence-electron chi connectivity index (χ1n) is 10.6. The summed E-state index contributed by atoms with van der Waals surface area (Å²) in [7, 11) is -3.23. The summed E-state index contributed by atoms with van der Waals surface area (Å²) in [6.07, 6.45) is 2.78. The van der Waals surface area contributed by atoms with E-state index in [-0.39, 0.29) is 17.2 Å². The summed E-state index contributed by atoms with van der Waals surface area (Å²) in [5, 5.41) is 2.91. The van der Waals surface area contributed by atoms with Crippen LogP contribution in [-0.2, 0) is 25.9 Å². The van der Waals surface area contributed by atoms with Gasteiger partial charge in [0.1, 0.15) is 5.75 Å². The maximum Gasteiger partial charge on any atom is 0.226 e. The lowest BCUT2D eigenvalue weighted by Gasteiger charge is -2.11. The van der Waals surface area contributed by atoms with Gasteiger partial charge in [-0.05, 0) is 56.2 Å². The molecule has 172 valence electrons. The number of imidazole rings is 1. The molecule has 3 aromatic rings. The molecule has 8 nitrogen and oxygen atoms in total. The van der Waals surface area contributed by atoms with Crippen LogP contribution in [-0.4, -0.2) is 50.0 Å². The number of aromatic nitrogens is 2. The fourth-order valence-electron chi connectivity index (χ4n) is 3.26. The molecule has 2 aromatic carbocycles. The Labute approximate surface area is 188 Å². The molecular formula is C23H29N3O5S. The van der Waals surface area contributed by atoms with Crippen LogP contribution in [0.5, 0.6) is 5.75 Å². The van der Waals surface area contributed by atoms with E-state index in [2.05, 4.69) is 10.3 Å². The Balaban J connectivity index is 1.52. The minimum atomic E-state index is -3.23. The molecule has 0 saturated carbocycles. The Morgan fingerprint density at radius 2 is 1.81 bits per heavy atom. The zero-order valence-electron chi connectivity index (χ0n) is 18.4. The highest BCUT2D eigenvalue weighted by molar-refractivity contribution is 7.90. The molecule has 1 aromatic heterocycles. The van der Waals surface area contributed by atoms with E-state index in [0.717, 1.165) is 23.7 Å². The highest BCUT2D eigenvalue weighted by Crippen LogP contribution is 2.20. The molecule has 1 amide bonds. The average molecular weight is 460 g/mol. The number of nitrogens with one attached hydrogen (secondary N) is 1. The fraction of sp³-hybridized carbons (Fsp3) is 0.391. The van der Waals surface area contributed by atoms with Gasteiger partial charge in [-0.1, -0.05) is 12.1 Å². The molecule has 1 heterocycles. The predicted molar refractivity (Wildman–Crippen MR) is 124 cm³/mol. The molecule has 9 heteroatoms. The number of ether oxygens (including phenoxy) is 2. The Kier molecular flexibility index (Phi) is 8.24. The number of fused-ring (bicyclic) bond motifs is 1. The molecule has 0 spiro atoms. The third kappa shape index (κ3) is 6.54. The van der Waals surface area contributed by atoms with Gasteiger partial charge >= 0.3 is 0 Å². The summed E-state index contributed by atoms with van der Waals surface area (Å²) < 4.78 is 36.0. The minimum absolute atomic E-state index is 0.137. The average Bonchev–Trinajstić information content (AvgIpc) is 3.11. The Bertz CT molecular complexity index is 1140. The smallest absolute Gasteiger partial charge is 0.226 e. The first-order valence-corrected chi connectivity index (χ1v) is 12.5. The van der Waals surface area contributed by atoms with Crippen LogP contribution in [0.15, 0.2) is 53.4 Å². The fourth-order valence-corrected chi connectivity index (χ4v) is 3.89. The van der Waals surface area contributed by atoms with Crippen molar-refractivity contribution in [2.24, 2.45) is 0 Å². The van der Waals surface area contributed by atoms with E-state index >= 15 is 0 Å². The SMILES string of the molecule is CCOCCCn1c(NC(=O)CCCOc2ccc(S(C)(=O)=O)cc2)nc2ccccc21. The van der Waals surface area contributed by atoms with E-state index in [9.17, 15) is 13.2 Å². The normalized spacial score (nSPS) is 11.6. The van der Waals surface area contributed by atoms with Crippen LogP contribution in [0.25, 0.3) is 11.0 Å². The summed E-state index contributed by atoms with van der Waals surface area (Å²) in [4.78, 5) is 17.3. The highest BCUT2D eigenvalue weighted by atomic mass is 32.2. The lowest BCUT2D eigenvalue weighted by molar-refractivity contribution is -0.116. The molecule has 32 heavy (non-hydrogen) atoms. The van der Waals surface area contributed by atoms with Crippen LogP contribution >= 0.6 is 0 Å². The van der Waals surface area contributed by atoms with Crippen LogP contribution in [0.1, 0.15) is 26.2 Å². The van der Waals surface area contributed by atoms with E-state index < -0.39 is 9.84 Å². The van der Waals surface area contributed by atoms with E-state index in [4.69, 9.17) is 9.47 Å². The first-order chi connectivity index (χ1) is 15.4. The number of anilines is 1. The van der Waals surface area contributed by atoms with Gasteiger partial charge in [-0.2, -0.15) is 0 Å². The van der Waals surface area contributed by atoms with Gasteiger partial charge < -0.3 is 14.0 Å². The molecular weight excluding hydrogens is 430 g/mol. The summed E-state index contributed by atoms with van der Waals surface area (Å²) in [5.74, 6) is 0.960. The van der Waals surface area contributed by atoms with Gasteiger partial charge in [0.25, 0.3) is 0 Å². The predicted octanol–water partition coefficient (Wildman–Crippen LogP) is 3.66. The van der Waals surface area contributed by atoms with Gasteiger partial charge in [-0.15, -0.1) is 0 Å². The monoisotopic (exact) mass is 459 g/mol. The number of nitrogens with zero attached hydrogens (tertiary/aromatic N) is 2. The number of benzene rings is 2. The lowest BCUT2D eigenvalue weighted by Crippen LogP contribution is -2.17. The number of amides is 1. The van der Waals surface area contributed by atoms with Gasteiger partial charge in [0.2, 0.25) is 11.9 Å². The molecule has 0 bridgehead atoms. The molecule has 3 rings (SSSR count). The molecule has 0 aliphatic rings. The first kappa shape index (κ1) is 23.7. The maximum absolute atomic E-state index is 12.5. The number of sulfone groups is 1. The summed E-state index contributed by atoms with van der Waals surface area (Å²) >= 11 is 0. The van der Waals surface area contributed by atoms with Crippen molar-refractivity contribution in [2.45, 2.75) is 37.6 Å². The molecule has 0 aliphatic carbocycles. The molecule has 0 unspecified atom stereocenters. The van der Waals surface area contributed by atoms with Crippen LogP contribution < -0.4 is 10.1 Å². The molecule has 0 saturated heterocycles. The van der Waals surface area contributed by atoms with Gasteiger partial charge in [0.15, 0.2) is 9.84 Å². The standard InChI is InChI=1S/C23H29N3O5S/c1-3-30-16-7-15-26-21-9-5-4-8-20(21)24-23(26)25-22(27)10-6-17-31-18-11-13-19(14-12-18)32(2,28)29/h4-5,8-9,11-14H,3,6-7,10,15-17H2,1-2H3,(H,24,25,27).